The van der Waals surface area contributed by atoms with Crippen molar-refractivity contribution in [2.24, 2.45) is 0 Å². The lowest BCUT2D eigenvalue weighted by Crippen LogP contribution is -2.36. The highest BCUT2D eigenvalue weighted by Crippen LogP contribution is 2.28. The van der Waals surface area contributed by atoms with Crippen LogP contribution in [0.2, 0.25) is 0 Å². The molecule has 0 unspecified atom stereocenters. The van der Waals surface area contributed by atoms with Gasteiger partial charge in [-0.05, 0) is 42.2 Å². The van der Waals surface area contributed by atoms with Crippen molar-refractivity contribution in [3.63, 3.8) is 0 Å². The zero-order chi connectivity index (χ0) is 21.0. The summed E-state index contributed by atoms with van der Waals surface area (Å²) in [5, 5.41) is 3.43. The number of benzene rings is 2. The van der Waals surface area contributed by atoms with E-state index in [-0.39, 0.29) is 0 Å². The Bertz CT molecular complexity index is 1150. The fraction of sp³-hybridized carbons (Fsp3) is 0.250. The van der Waals surface area contributed by atoms with Crippen LogP contribution in [-0.4, -0.2) is 46.4 Å². The third-order valence-corrected chi connectivity index (χ3v) is 6.29. The number of nitrogens with one attached hydrogen (secondary N) is 1. The number of thioether (sulfide) groups is 1. The molecule has 3 heterocycles. The molecule has 0 radical (unpaired) electrons. The van der Waals surface area contributed by atoms with Gasteiger partial charge in [0.25, 0.3) is 0 Å². The van der Waals surface area contributed by atoms with Gasteiger partial charge in [-0.3, -0.25) is 4.40 Å². The van der Waals surface area contributed by atoms with Crippen molar-refractivity contribution in [1.82, 2.24) is 14.4 Å². The van der Waals surface area contributed by atoms with Crippen LogP contribution in [0.3, 0.4) is 0 Å². The van der Waals surface area contributed by atoms with Crippen molar-refractivity contribution >= 4 is 34.6 Å². The van der Waals surface area contributed by atoms with Gasteiger partial charge < -0.3 is 15.0 Å². The Hall–Kier alpha value is -3.03. The number of nitrogens with zero attached hydrogens (tertiary/aromatic N) is 4. The Balaban J connectivity index is 1.39. The quantitative estimate of drug-likeness (QED) is 0.429. The molecule has 0 saturated carbocycles. The van der Waals surface area contributed by atoms with Crippen molar-refractivity contribution in [1.29, 1.82) is 0 Å². The Morgan fingerprint density at radius 2 is 1.77 bits per heavy atom. The Labute approximate surface area is 186 Å². The maximum atomic E-state index is 5.44. The van der Waals surface area contributed by atoms with E-state index in [1.807, 2.05) is 30.4 Å². The molecule has 0 spiro atoms. The fourth-order valence-corrected chi connectivity index (χ4v) is 4.48. The molecule has 1 fully saturated rings. The number of imidazole rings is 1. The first kappa shape index (κ1) is 19.9. The second kappa shape index (κ2) is 8.99. The summed E-state index contributed by atoms with van der Waals surface area (Å²) in [7, 11) is 0. The van der Waals surface area contributed by atoms with Crippen molar-refractivity contribution in [3.05, 3.63) is 67.1 Å². The number of hydrogen-bond acceptors (Lipinski definition) is 6. The van der Waals surface area contributed by atoms with E-state index in [4.69, 9.17) is 9.72 Å². The standard InChI is InChI=1S/C24H25N5OS/c1-2-31-21-9-3-18(4-10-21)22-17-26-23(24-25-11-12-29(22)24)27-19-5-7-20(8-6-19)28-13-15-30-16-14-28/h3-12,17H,2,13-16H2,1H3,(H,26,27). The van der Waals surface area contributed by atoms with Crippen LogP contribution in [0.1, 0.15) is 6.92 Å². The predicted molar refractivity (Wildman–Crippen MR) is 128 cm³/mol. The zero-order valence-corrected chi connectivity index (χ0v) is 18.3. The van der Waals surface area contributed by atoms with Gasteiger partial charge in [0.05, 0.1) is 25.1 Å². The summed E-state index contributed by atoms with van der Waals surface area (Å²) < 4.78 is 7.53. The lowest BCUT2D eigenvalue weighted by atomic mass is 10.1. The van der Waals surface area contributed by atoms with E-state index in [0.717, 1.165) is 60.5 Å². The second-order valence-corrected chi connectivity index (χ2v) is 8.68. The molecule has 2 aromatic carbocycles. The van der Waals surface area contributed by atoms with Gasteiger partial charge >= 0.3 is 0 Å². The van der Waals surface area contributed by atoms with Crippen LogP contribution in [0.25, 0.3) is 16.9 Å². The molecule has 0 aliphatic carbocycles. The molecule has 0 atom stereocenters. The third kappa shape index (κ3) is 4.24. The molecule has 158 valence electrons. The van der Waals surface area contributed by atoms with Gasteiger partial charge in [-0.2, -0.15) is 0 Å². The van der Waals surface area contributed by atoms with Gasteiger partial charge in [0.15, 0.2) is 11.5 Å². The molecule has 7 heteroatoms. The smallest absolute Gasteiger partial charge is 0.180 e. The number of fused-ring (bicyclic) bond motifs is 1. The molecule has 5 rings (SSSR count). The zero-order valence-electron chi connectivity index (χ0n) is 17.5. The normalized spacial score (nSPS) is 14.2. The summed E-state index contributed by atoms with van der Waals surface area (Å²) in [5.41, 5.74) is 5.16. The van der Waals surface area contributed by atoms with Crippen molar-refractivity contribution < 1.29 is 4.74 Å². The Morgan fingerprint density at radius 3 is 2.52 bits per heavy atom. The highest BCUT2D eigenvalue weighted by molar-refractivity contribution is 7.99. The predicted octanol–water partition coefficient (Wildman–Crippen LogP) is 5.09. The maximum Gasteiger partial charge on any atom is 0.180 e. The van der Waals surface area contributed by atoms with Crippen LogP contribution in [0.4, 0.5) is 17.2 Å². The van der Waals surface area contributed by atoms with E-state index in [1.54, 1.807) is 0 Å². The van der Waals surface area contributed by atoms with Gasteiger partial charge in [-0.15, -0.1) is 11.8 Å². The minimum absolute atomic E-state index is 0.742. The van der Waals surface area contributed by atoms with E-state index >= 15 is 0 Å². The van der Waals surface area contributed by atoms with Crippen molar-refractivity contribution in [2.45, 2.75) is 11.8 Å². The second-order valence-electron chi connectivity index (χ2n) is 7.34. The first-order valence-electron chi connectivity index (χ1n) is 10.6. The van der Waals surface area contributed by atoms with E-state index in [9.17, 15) is 0 Å². The van der Waals surface area contributed by atoms with Gasteiger partial charge in [-0.25, -0.2) is 9.97 Å². The SMILES string of the molecule is CCSc1ccc(-c2cnc(Nc3ccc(N4CCOCC4)cc3)c3nccn23)cc1. The molecule has 4 aromatic rings. The molecule has 1 N–H and O–H groups in total. The van der Waals surface area contributed by atoms with E-state index in [0.29, 0.717) is 0 Å². The molecular weight excluding hydrogens is 406 g/mol. The number of aromatic nitrogens is 3. The van der Waals surface area contributed by atoms with E-state index in [1.165, 1.54) is 10.6 Å². The van der Waals surface area contributed by atoms with E-state index < -0.39 is 0 Å². The summed E-state index contributed by atoms with van der Waals surface area (Å²) in [4.78, 5) is 12.9. The molecule has 1 saturated heterocycles. The van der Waals surface area contributed by atoms with Crippen LogP contribution in [0.15, 0.2) is 72.0 Å². The molecule has 0 amide bonds. The number of ether oxygens (including phenoxy) is 1. The molecule has 31 heavy (non-hydrogen) atoms. The first-order chi connectivity index (χ1) is 15.3. The van der Waals surface area contributed by atoms with Gasteiger partial charge in [0.2, 0.25) is 0 Å². The Morgan fingerprint density at radius 1 is 1.00 bits per heavy atom. The maximum absolute atomic E-state index is 5.44. The Kier molecular flexibility index (Phi) is 5.78. The number of hydrogen-bond donors (Lipinski definition) is 1. The average Bonchev–Trinajstić information content (AvgIpc) is 3.32. The summed E-state index contributed by atoms with van der Waals surface area (Å²) in [6.07, 6.45) is 5.70. The number of morpholine rings is 1. The summed E-state index contributed by atoms with van der Waals surface area (Å²) in [5.74, 6) is 1.81. The van der Waals surface area contributed by atoms with Crippen LogP contribution < -0.4 is 10.2 Å². The topological polar surface area (TPSA) is 54.7 Å². The third-order valence-electron chi connectivity index (χ3n) is 5.40. The van der Waals surface area contributed by atoms with Crippen LogP contribution >= 0.6 is 11.8 Å². The molecule has 6 nitrogen and oxygen atoms in total. The molecule has 1 aliphatic heterocycles. The van der Waals surface area contributed by atoms with Gasteiger partial charge in [0, 0.05) is 47.3 Å². The van der Waals surface area contributed by atoms with Crippen molar-refractivity contribution in [2.75, 3.05) is 42.3 Å². The summed E-state index contributed by atoms with van der Waals surface area (Å²) in [6, 6.07) is 17.1. The lowest BCUT2D eigenvalue weighted by Gasteiger charge is -2.28. The lowest BCUT2D eigenvalue weighted by molar-refractivity contribution is 0.122. The van der Waals surface area contributed by atoms with Crippen molar-refractivity contribution in [3.8, 4) is 11.3 Å². The number of anilines is 3. The molecule has 2 aromatic heterocycles. The van der Waals surface area contributed by atoms with E-state index in [2.05, 4.69) is 75.1 Å². The average molecular weight is 432 g/mol. The fourth-order valence-electron chi connectivity index (χ4n) is 3.82. The summed E-state index contributed by atoms with van der Waals surface area (Å²) >= 11 is 1.84. The minimum atomic E-state index is 0.742. The molecule has 0 bridgehead atoms. The highest BCUT2D eigenvalue weighted by atomic mass is 32.2. The highest BCUT2D eigenvalue weighted by Gasteiger charge is 2.13. The van der Waals surface area contributed by atoms with Crippen LogP contribution in [0, 0.1) is 0 Å². The first-order valence-corrected chi connectivity index (χ1v) is 11.6. The number of rotatable bonds is 6. The van der Waals surface area contributed by atoms with Gasteiger partial charge in [-0.1, -0.05) is 19.1 Å². The largest absolute Gasteiger partial charge is 0.378 e. The monoisotopic (exact) mass is 431 g/mol. The minimum Gasteiger partial charge on any atom is -0.378 e. The summed E-state index contributed by atoms with van der Waals surface area (Å²) in [6.45, 7) is 5.60. The van der Waals surface area contributed by atoms with Crippen LogP contribution in [0.5, 0.6) is 0 Å². The molecular formula is C24H25N5OS. The molecule has 1 aliphatic rings. The van der Waals surface area contributed by atoms with Gasteiger partial charge in [0.1, 0.15) is 0 Å². The van der Waals surface area contributed by atoms with Crippen LogP contribution in [-0.2, 0) is 4.74 Å².